The van der Waals surface area contributed by atoms with Crippen molar-refractivity contribution in [1.82, 2.24) is 4.90 Å². The molecule has 0 N–H and O–H groups in total. The van der Waals surface area contributed by atoms with Crippen molar-refractivity contribution in [3.8, 4) is 0 Å². The third-order valence-corrected chi connectivity index (χ3v) is 4.35. The molecular weight excluding hydrogens is 250 g/mol. The maximum absolute atomic E-state index is 3.61. The summed E-state index contributed by atoms with van der Waals surface area (Å²) in [5.41, 5.74) is 0. The van der Waals surface area contributed by atoms with Gasteiger partial charge in [-0.3, -0.25) is 0 Å². The van der Waals surface area contributed by atoms with Gasteiger partial charge in [-0.2, -0.15) is 0 Å². The predicted molar refractivity (Wildman–Crippen MR) is 73.8 cm³/mol. The molecular formula is C13H28BrN. The second-order valence-corrected chi connectivity index (χ2v) is 5.11. The molecule has 0 radical (unpaired) electrons. The number of halogens is 1. The van der Waals surface area contributed by atoms with Crippen molar-refractivity contribution in [3.63, 3.8) is 0 Å². The van der Waals surface area contributed by atoms with Gasteiger partial charge < -0.3 is 4.90 Å². The Morgan fingerprint density at radius 3 is 1.67 bits per heavy atom. The largest absolute Gasteiger partial charge is 0.303 e. The zero-order valence-corrected chi connectivity index (χ0v) is 12.5. The van der Waals surface area contributed by atoms with Crippen LogP contribution in [-0.4, -0.2) is 29.9 Å². The average molecular weight is 278 g/mol. The summed E-state index contributed by atoms with van der Waals surface area (Å²) in [6.45, 7) is 12.9. The highest BCUT2D eigenvalue weighted by atomic mass is 79.9. The summed E-state index contributed by atoms with van der Waals surface area (Å²) in [6.07, 6.45) is 3.92. The van der Waals surface area contributed by atoms with Crippen LogP contribution in [0.2, 0.25) is 0 Å². The van der Waals surface area contributed by atoms with Crippen LogP contribution in [0.4, 0.5) is 0 Å². The fraction of sp³-hybridized carbons (Fsp3) is 1.00. The molecule has 0 amide bonds. The fourth-order valence-electron chi connectivity index (χ4n) is 1.90. The molecule has 0 aliphatic carbocycles. The standard InChI is InChI=1S/C13H28BrN/c1-5-12(6-2)10-15(8-4)11-13(7-3)9-14/h12-13H,5-11H2,1-4H3. The first-order valence-corrected chi connectivity index (χ1v) is 7.62. The molecule has 0 aromatic rings. The van der Waals surface area contributed by atoms with Crippen LogP contribution in [0, 0.1) is 11.8 Å². The third kappa shape index (κ3) is 6.57. The third-order valence-electron chi connectivity index (χ3n) is 3.43. The number of nitrogens with zero attached hydrogens (tertiary/aromatic N) is 1. The zero-order valence-electron chi connectivity index (χ0n) is 10.9. The highest BCUT2D eigenvalue weighted by molar-refractivity contribution is 9.09. The van der Waals surface area contributed by atoms with E-state index < -0.39 is 0 Å². The molecule has 15 heavy (non-hydrogen) atoms. The molecule has 0 rings (SSSR count). The maximum atomic E-state index is 3.61. The van der Waals surface area contributed by atoms with Gasteiger partial charge in [0.25, 0.3) is 0 Å². The van der Waals surface area contributed by atoms with Crippen LogP contribution < -0.4 is 0 Å². The van der Waals surface area contributed by atoms with Crippen molar-refractivity contribution in [3.05, 3.63) is 0 Å². The molecule has 0 fully saturated rings. The van der Waals surface area contributed by atoms with Crippen molar-refractivity contribution in [2.75, 3.05) is 25.0 Å². The van der Waals surface area contributed by atoms with Gasteiger partial charge in [0.05, 0.1) is 0 Å². The summed E-state index contributed by atoms with van der Waals surface area (Å²) in [6, 6.07) is 0. The van der Waals surface area contributed by atoms with Crippen LogP contribution in [0.1, 0.15) is 47.0 Å². The first-order chi connectivity index (χ1) is 7.21. The zero-order chi connectivity index (χ0) is 11.7. The molecule has 1 unspecified atom stereocenters. The van der Waals surface area contributed by atoms with Crippen LogP contribution in [0.15, 0.2) is 0 Å². The highest BCUT2D eigenvalue weighted by Gasteiger charge is 2.13. The Labute approximate surface area is 105 Å². The normalized spacial score (nSPS) is 13.8. The minimum absolute atomic E-state index is 0.819. The lowest BCUT2D eigenvalue weighted by Gasteiger charge is -2.28. The topological polar surface area (TPSA) is 3.24 Å². The Morgan fingerprint density at radius 2 is 1.33 bits per heavy atom. The van der Waals surface area contributed by atoms with Gasteiger partial charge in [-0.1, -0.05) is 62.9 Å². The molecule has 1 atom stereocenters. The van der Waals surface area contributed by atoms with Crippen molar-refractivity contribution >= 4 is 15.9 Å². The molecule has 0 heterocycles. The Bertz CT molecular complexity index is 116. The molecule has 0 spiro atoms. The van der Waals surface area contributed by atoms with Gasteiger partial charge in [0, 0.05) is 18.4 Å². The van der Waals surface area contributed by atoms with Crippen molar-refractivity contribution in [1.29, 1.82) is 0 Å². The molecule has 0 aliphatic rings. The van der Waals surface area contributed by atoms with Gasteiger partial charge in [0.15, 0.2) is 0 Å². The van der Waals surface area contributed by atoms with E-state index in [0.717, 1.165) is 17.2 Å². The number of alkyl halides is 1. The summed E-state index contributed by atoms with van der Waals surface area (Å²) >= 11 is 3.61. The smallest absolute Gasteiger partial charge is 0.00717 e. The van der Waals surface area contributed by atoms with E-state index in [1.165, 1.54) is 38.9 Å². The molecule has 0 saturated heterocycles. The van der Waals surface area contributed by atoms with E-state index in [2.05, 4.69) is 48.5 Å². The van der Waals surface area contributed by atoms with Crippen LogP contribution in [0.5, 0.6) is 0 Å². The van der Waals surface area contributed by atoms with E-state index in [0.29, 0.717) is 0 Å². The Kier molecular flexibility index (Phi) is 9.93. The lowest BCUT2D eigenvalue weighted by molar-refractivity contribution is 0.206. The van der Waals surface area contributed by atoms with Crippen LogP contribution in [0.25, 0.3) is 0 Å². The Hall–Kier alpha value is 0.440. The van der Waals surface area contributed by atoms with Gasteiger partial charge >= 0.3 is 0 Å². The van der Waals surface area contributed by atoms with E-state index in [-0.39, 0.29) is 0 Å². The molecule has 0 aliphatic heterocycles. The molecule has 0 aromatic carbocycles. The summed E-state index contributed by atoms with van der Waals surface area (Å²) in [4.78, 5) is 2.62. The minimum Gasteiger partial charge on any atom is -0.303 e. The SMILES string of the molecule is CCC(CC)CN(CC)CC(CC)CBr. The Morgan fingerprint density at radius 1 is 0.867 bits per heavy atom. The van der Waals surface area contributed by atoms with Gasteiger partial charge in [0.2, 0.25) is 0 Å². The summed E-state index contributed by atoms with van der Waals surface area (Å²) in [7, 11) is 0. The van der Waals surface area contributed by atoms with E-state index in [1.807, 2.05) is 0 Å². The van der Waals surface area contributed by atoms with Gasteiger partial charge in [-0.05, 0) is 18.4 Å². The monoisotopic (exact) mass is 277 g/mol. The Balaban J connectivity index is 4.00. The molecule has 1 nitrogen and oxygen atoms in total. The second-order valence-electron chi connectivity index (χ2n) is 4.46. The number of hydrogen-bond acceptors (Lipinski definition) is 1. The first kappa shape index (κ1) is 15.4. The number of rotatable bonds is 9. The molecule has 92 valence electrons. The molecule has 0 saturated carbocycles. The molecule has 0 aromatic heterocycles. The highest BCUT2D eigenvalue weighted by Crippen LogP contribution is 2.14. The quantitative estimate of drug-likeness (QED) is 0.572. The lowest BCUT2D eigenvalue weighted by atomic mass is 10.0. The van der Waals surface area contributed by atoms with Gasteiger partial charge in [-0.25, -0.2) is 0 Å². The second kappa shape index (κ2) is 9.65. The maximum Gasteiger partial charge on any atom is 0.00717 e. The lowest BCUT2D eigenvalue weighted by Crippen LogP contribution is -2.34. The van der Waals surface area contributed by atoms with E-state index >= 15 is 0 Å². The van der Waals surface area contributed by atoms with Gasteiger partial charge in [0.1, 0.15) is 0 Å². The molecule has 0 bridgehead atoms. The minimum atomic E-state index is 0.819. The van der Waals surface area contributed by atoms with Crippen molar-refractivity contribution in [2.45, 2.75) is 47.0 Å². The average Bonchev–Trinajstić information content (AvgIpc) is 2.30. The van der Waals surface area contributed by atoms with E-state index in [4.69, 9.17) is 0 Å². The van der Waals surface area contributed by atoms with E-state index in [1.54, 1.807) is 0 Å². The fourth-order valence-corrected chi connectivity index (χ4v) is 2.56. The summed E-state index contributed by atoms with van der Waals surface area (Å²) in [5, 5.41) is 1.14. The first-order valence-electron chi connectivity index (χ1n) is 6.49. The van der Waals surface area contributed by atoms with Crippen LogP contribution in [0.3, 0.4) is 0 Å². The van der Waals surface area contributed by atoms with Gasteiger partial charge in [-0.15, -0.1) is 0 Å². The predicted octanol–water partition coefficient (Wildman–Crippen LogP) is 4.17. The van der Waals surface area contributed by atoms with Crippen molar-refractivity contribution < 1.29 is 0 Å². The van der Waals surface area contributed by atoms with Crippen LogP contribution >= 0.6 is 15.9 Å². The van der Waals surface area contributed by atoms with Crippen LogP contribution in [-0.2, 0) is 0 Å². The van der Waals surface area contributed by atoms with E-state index in [9.17, 15) is 0 Å². The van der Waals surface area contributed by atoms with Crippen molar-refractivity contribution in [2.24, 2.45) is 11.8 Å². The summed E-state index contributed by atoms with van der Waals surface area (Å²) < 4.78 is 0. The molecule has 2 heteroatoms. The summed E-state index contributed by atoms with van der Waals surface area (Å²) in [5.74, 6) is 1.71. The number of hydrogen-bond donors (Lipinski definition) is 0.